The molecule has 1 aromatic rings. The molecule has 1 heterocycles. The number of amides is 1. The Bertz CT molecular complexity index is 630. The molecule has 2 nitrogen and oxygen atoms in total. The molecular formula is C20H25NOS2. The van der Waals surface area contributed by atoms with Gasteiger partial charge in [-0.15, -0.1) is 0 Å². The molecule has 0 spiro atoms. The minimum Gasteiger partial charge on any atom is -0.293 e. The molecule has 1 saturated carbocycles. The highest BCUT2D eigenvalue weighted by Gasteiger charge is 2.32. The minimum absolute atomic E-state index is 0.0837. The van der Waals surface area contributed by atoms with Crippen LogP contribution in [0.5, 0.6) is 0 Å². The number of rotatable bonds is 5. The molecule has 1 aliphatic heterocycles. The van der Waals surface area contributed by atoms with Crippen molar-refractivity contribution in [3.8, 4) is 0 Å². The lowest BCUT2D eigenvalue weighted by atomic mass is 9.87. The summed E-state index contributed by atoms with van der Waals surface area (Å²) >= 11 is 6.89. The monoisotopic (exact) mass is 359 g/mol. The Morgan fingerprint density at radius 3 is 2.58 bits per heavy atom. The molecule has 1 aromatic carbocycles. The van der Waals surface area contributed by atoms with Crippen molar-refractivity contribution in [1.82, 2.24) is 4.90 Å². The van der Waals surface area contributed by atoms with E-state index in [4.69, 9.17) is 12.2 Å². The lowest BCUT2D eigenvalue weighted by Crippen LogP contribution is -2.30. The number of hydrogen-bond acceptors (Lipinski definition) is 3. The number of carbonyl (C=O) groups is 1. The Balaban J connectivity index is 1.63. The fourth-order valence-electron chi connectivity index (χ4n) is 3.48. The molecule has 1 saturated heterocycles. The molecule has 0 radical (unpaired) electrons. The van der Waals surface area contributed by atoms with Crippen LogP contribution in [0.3, 0.4) is 0 Å². The van der Waals surface area contributed by atoms with Crippen LogP contribution in [0.1, 0.15) is 56.6 Å². The maximum absolute atomic E-state index is 12.7. The van der Waals surface area contributed by atoms with E-state index in [1.54, 1.807) is 4.90 Å². The third-order valence-corrected chi connectivity index (χ3v) is 6.42. The van der Waals surface area contributed by atoms with Crippen LogP contribution in [0.2, 0.25) is 0 Å². The van der Waals surface area contributed by atoms with Gasteiger partial charge in [-0.1, -0.05) is 87.3 Å². The normalized spacial score (nSPS) is 21.0. The first-order valence-corrected chi connectivity index (χ1v) is 10.2. The van der Waals surface area contributed by atoms with Gasteiger partial charge in [0.25, 0.3) is 5.91 Å². The zero-order valence-electron chi connectivity index (χ0n) is 14.3. The van der Waals surface area contributed by atoms with Gasteiger partial charge in [-0.25, -0.2) is 0 Å². The first-order chi connectivity index (χ1) is 11.7. The number of aryl methyl sites for hydroxylation is 1. The van der Waals surface area contributed by atoms with E-state index >= 15 is 0 Å². The molecule has 0 N–H and O–H groups in total. The Morgan fingerprint density at radius 2 is 1.92 bits per heavy atom. The predicted molar refractivity (Wildman–Crippen MR) is 107 cm³/mol. The van der Waals surface area contributed by atoms with E-state index in [2.05, 4.69) is 31.2 Å². The lowest BCUT2D eigenvalue weighted by Gasteiger charge is -2.23. The first kappa shape index (κ1) is 17.7. The third-order valence-electron chi connectivity index (χ3n) is 5.05. The van der Waals surface area contributed by atoms with Gasteiger partial charge in [-0.05, 0) is 36.0 Å². The minimum atomic E-state index is 0.0837. The van der Waals surface area contributed by atoms with E-state index in [1.807, 2.05) is 6.08 Å². The number of carbonyl (C=O) groups excluding carboxylic acids is 1. The quantitative estimate of drug-likeness (QED) is 0.517. The van der Waals surface area contributed by atoms with E-state index < -0.39 is 0 Å². The second-order valence-corrected chi connectivity index (χ2v) is 8.40. The van der Waals surface area contributed by atoms with E-state index in [9.17, 15) is 4.79 Å². The van der Waals surface area contributed by atoms with E-state index in [1.165, 1.54) is 49.4 Å². The van der Waals surface area contributed by atoms with Gasteiger partial charge in [0.05, 0.1) is 4.91 Å². The fourth-order valence-corrected chi connectivity index (χ4v) is 4.79. The summed E-state index contributed by atoms with van der Waals surface area (Å²) in [5.74, 6) is 0.856. The van der Waals surface area contributed by atoms with Crippen LogP contribution in [0, 0.1) is 5.92 Å². The molecule has 24 heavy (non-hydrogen) atoms. The van der Waals surface area contributed by atoms with Crippen molar-refractivity contribution in [3.05, 3.63) is 40.3 Å². The highest BCUT2D eigenvalue weighted by Crippen LogP contribution is 2.34. The largest absolute Gasteiger partial charge is 0.293 e. The van der Waals surface area contributed by atoms with Gasteiger partial charge in [-0.3, -0.25) is 9.69 Å². The summed E-state index contributed by atoms with van der Waals surface area (Å²) in [4.78, 5) is 15.2. The van der Waals surface area contributed by atoms with Crippen molar-refractivity contribution in [2.75, 3.05) is 6.54 Å². The van der Waals surface area contributed by atoms with Gasteiger partial charge >= 0.3 is 0 Å². The Labute approximate surface area is 154 Å². The molecule has 0 aromatic heterocycles. The number of thioether (sulfide) groups is 1. The molecule has 4 heteroatoms. The second kappa shape index (κ2) is 8.30. The maximum Gasteiger partial charge on any atom is 0.266 e. The summed E-state index contributed by atoms with van der Waals surface area (Å²) in [7, 11) is 0. The van der Waals surface area contributed by atoms with Crippen molar-refractivity contribution in [2.24, 2.45) is 5.92 Å². The van der Waals surface area contributed by atoms with Crippen LogP contribution in [-0.4, -0.2) is 21.7 Å². The van der Waals surface area contributed by atoms with Gasteiger partial charge in [0.15, 0.2) is 0 Å². The molecule has 0 unspecified atom stereocenters. The van der Waals surface area contributed by atoms with Gasteiger partial charge in [0.2, 0.25) is 0 Å². The fraction of sp³-hybridized carbons (Fsp3) is 0.500. The van der Waals surface area contributed by atoms with Gasteiger partial charge in [-0.2, -0.15) is 0 Å². The third kappa shape index (κ3) is 4.28. The van der Waals surface area contributed by atoms with Crippen molar-refractivity contribution >= 4 is 40.3 Å². The molecule has 2 aliphatic rings. The number of benzene rings is 1. The number of hydrogen-bond donors (Lipinski definition) is 0. The molecular weight excluding hydrogens is 334 g/mol. The van der Waals surface area contributed by atoms with E-state index in [-0.39, 0.29) is 5.91 Å². The summed E-state index contributed by atoms with van der Waals surface area (Å²) < 4.78 is 0.715. The molecule has 2 fully saturated rings. The van der Waals surface area contributed by atoms with Crippen molar-refractivity contribution in [1.29, 1.82) is 0 Å². The maximum atomic E-state index is 12.7. The zero-order valence-corrected chi connectivity index (χ0v) is 15.9. The van der Waals surface area contributed by atoms with Gasteiger partial charge in [0, 0.05) is 6.54 Å². The average molecular weight is 360 g/mol. The molecule has 1 aliphatic carbocycles. The van der Waals surface area contributed by atoms with Crippen LogP contribution in [0.25, 0.3) is 6.08 Å². The summed E-state index contributed by atoms with van der Waals surface area (Å²) in [6.07, 6.45) is 10.8. The average Bonchev–Trinajstić information content (AvgIpc) is 2.88. The van der Waals surface area contributed by atoms with Crippen LogP contribution in [0.4, 0.5) is 0 Å². The van der Waals surface area contributed by atoms with E-state index in [0.29, 0.717) is 4.32 Å². The Hall–Kier alpha value is -1.13. The molecule has 1 amide bonds. The van der Waals surface area contributed by atoms with Crippen LogP contribution in [-0.2, 0) is 11.2 Å². The Morgan fingerprint density at radius 1 is 1.21 bits per heavy atom. The summed E-state index contributed by atoms with van der Waals surface area (Å²) in [5, 5.41) is 0. The van der Waals surface area contributed by atoms with Crippen LogP contribution < -0.4 is 0 Å². The SMILES string of the molecule is CCc1ccc(/C=C2\SC(=S)N(CCC3CCCCC3)C2=O)cc1. The Kier molecular flexibility index (Phi) is 6.12. The highest BCUT2D eigenvalue weighted by atomic mass is 32.2. The predicted octanol–water partition coefficient (Wildman–Crippen LogP) is 5.42. The van der Waals surface area contributed by atoms with Gasteiger partial charge < -0.3 is 0 Å². The van der Waals surface area contributed by atoms with Crippen molar-refractivity contribution in [3.63, 3.8) is 0 Å². The molecule has 3 rings (SSSR count). The number of nitrogens with zero attached hydrogens (tertiary/aromatic N) is 1. The first-order valence-electron chi connectivity index (χ1n) is 9.01. The molecule has 0 atom stereocenters. The highest BCUT2D eigenvalue weighted by molar-refractivity contribution is 8.26. The summed E-state index contributed by atoms with van der Waals surface area (Å²) in [5.41, 5.74) is 2.38. The standard InChI is InChI=1S/C20H25NOS2/c1-2-15-8-10-17(11-9-15)14-18-19(22)21(20(23)24-18)13-12-16-6-4-3-5-7-16/h8-11,14,16H,2-7,12-13H2,1H3/b18-14-. The molecule has 128 valence electrons. The zero-order chi connectivity index (χ0) is 16.9. The van der Waals surface area contributed by atoms with Gasteiger partial charge in [0.1, 0.15) is 4.32 Å². The lowest BCUT2D eigenvalue weighted by molar-refractivity contribution is -0.122. The van der Waals surface area contributed by atoms with Crippen molar-refractivity contribution in [2.45, 2.75) is 51.9 Å². The smallest absolute Gasteiger partial charge is 0.266 e. The number of thiocarbonyl (C=S) groups is 1. The summed E-state index contributed by atoms with van der Waals surface area (Å²) in [6, 6.07) is 8.39. The van der Waals surface area contributed by atoms with E-state index in [0.717, 1.165) is 35.8 Å². The molecule has 0 bridgehead atoms. The van der Waals surface area contributed by atoms with Crippen molar-refractivity contribution < 1.29 is 4.79 Å². The van der Waals surface area contributed by atoms with Crippen LogP contribution in [0.15, 0.2) is 29.2 Å². The van der Waals surface area contributed by atoms with Crippen LogP contribution >= 0.6 is 24.0 Å². The summed E-state index contributed by atoms with van der Waals surface area (Å²) in [6.45, 7) is 2.92. The topological polar surface area (TPSA) is 20.3 Å². The second-order valence-electron chi connectivity index (χ2n) is 6.72.